The van der Waals surface area contributed by atoms with Crippen molar-refractivity contribution < 1.29 is 0 Å². The van der Waals surface area contributed by atoms with Crippen molar-refractivity contribution in [1.29, 1.82) is 0 Å². The Hall–Kier alpha value is -1.28. The minimum absolute atomic E-state index is 0.649. The SMILES string of the molecule is [B]C1(C(=C)Br)c2ccccc2CCc2ccccc21. The molecule has 0 saturated heterocycles. The number of hydrogen-bond donors (Lipinski definition) is 0. The largest absolute Gasteiger partial charge is 0.0947 e. The molecule has 19 heavy (non-hydrogen) atoms. The van der Waals surface area contributed by atoms with E-state index in [1.165, 1.54) is 11.1 Å². The molecule has 0 amide bonds. The number of halogens is 1. The van der Waals surface area contributed by atoms with E-state index >= 15 is 0 Å². The van der Waals surface area contributed by atoms with Crippen LogP contribution in [-0.4, -0.2) is 7.85 Å². The van der Waals surface area contributed by atoms with E-state index in [1.54, 1.807) is 0 Å². The molecular weight excluding hydrogens is 295 g/mol. The minimum Gasteiger partial charge on any atom is -0.0884 e. The van der Waals surface area contributed by atoms with Gasteiger partial charge in [-0.25, -0.2) is 0 Å². The fourth-order valence-corrected chi connectivity index (χ4v) is 3.38. The molecule has 0 bridgehead atoms. The van der Waals surface area contributed by atoms with Gasteiger partial charge >= 0.3 is 0 Å². The monoisotopic (exact) mass is 308 g/mol. The van der Waals surface area contributed by atoms with Crippen LogP contribution in [-0.2, 0) is 18.2 Å². The van der Waals surface area contributed by atoms with Crippen molar-refractivity contribution in [2.45, 2.75) is 18.2 Å². The van der Waals surface area contributed by atoms with Gasteiger partial charge in [-0.3, -0.25) is 0 Å². The standard InChI is InChI=1S/C17H14BBr/c1-12(19)17(18)15-8-4-2-6-13(15)10-11-14-7-3-5-9-16(14)17/h2-9H,1,10-11H2. The van der Waals surface area contributed by atoms with Crippen LogP contribution in [0.1, 0.15) is 22.3 Å². The molecule has 0 saturated carbocycles. The zero-order chi connectivity index (χ0) is 13.5. The Morgan fingerprint density at radius 2 is 1.37 bits per heavy atom. The Bertz CT molecular complexity index is 598. The highest BCUT2D eigenvalue weighted by atomic mass is 79.9. The first-order valence-corrected chi connectivity index (χ1v) is 7.24. The van der Waals surface area contributed by atoms with Crippen molar-refractivity contribution >= 4 is 23.8 Å². The van der Waals surface area contributed by atoms with Crippen LogP contribution < -0.4 is 0 Å². The van der Waals surface area contributed by atoms with Gasteiger partial charge in [-0.15, -0.1) is 0 Å². The van der Waals surface area contributed by atoms with Crippen LogP contribution in [0.5, 0.6) is 0 Å². The normalized spacial score (nSPS) is 16.1. The average molecular weight is 309 g/mol. The van der Waals surface area contributed by atoms with Crippen molar-refractivity contribution in [2.75, 3.05) is 0 Å². The van der Waals surface area contributed by atoms with Gasteiger partial charge in [0.25, 0.3) is 0 Å². The van der Waals surface area contributed by atoms with Gasteiger partial charge in [-0.05, 0) is 39.6 Å². The van der Waals surface area contributed by atoms with Gasteiger partial charge < -0.3 is 0 Å². The Morgan fingerprint density at radius 3 is 1.79 bits per heavy atom. The van der Waals surface area contributed by atoms with Crippen LogP contribution in [0, 0.1) is 0 Å². The lowest BCUT2D eigenvalue weighted by molar-refractivity contribution is 0.902. The summed E-state index contributed by atoms with van der Waals surface area (Å²) in [5.74, 6) is 0. The molecule has 2 heteroatoms. The van der Waals surface area contributed by atoms with E-state index in [0.717, 1.165) is 28.5 Å². The minimum atomic E-state index is -0.649. The highest BCUT2D eigenvalue weighted by molar-refractivity contribution is 9.11. The van der Waals surface area contributed by atoms with Gasteiger partial charge in [0.2, 0.25) is 0 Å². The molecule has 0 spiro atoms. The number of aryl methyl sites for hydroxylation is 2. The molecule has 0 fully saturated rings. The van der Waals surface area contributed by atoms with Crippen LogP contribution in [0.2, 0.25) is 0 Å². The van der Waals surface area contributed by atoms with E-state index in [9.17, 15) is 0 Å². The quantitative estimate of drug-likeness (QED) is 0.696. The van der Waals surface area contributed by atoms with Gasteiger partial charge in [-0.2, -0.15) is 0 Å². The van der Waals surface area contributed by atoms with Crippen LogP contribution in [0.3, 0.4) is 0 Å². The maximum absolute atomic E-state index is 6.78. The molecule has 2 radical (unpaired) electrons. The molecule has 0 aliphatic heterocycles. The lowest BCUT2D eigenvalue weighted by atomic mass is 9.59. The summed E-state index contributed by atoms with van der Waals surface area (Å²) in [7, 11) is 6.78. The lowest BCUT2D eigenvalue weighted by Gasteiger charge is -2.33. The molecule has 0 aromatic heterocycles. The average Bonchev–Trinajstić information content (AvgIpc) is 2.56. The summed E-state index contributed by atoms with van der Waals surface area (Å²) >= 11 is 3.55. The summed E-state index contributed by atoms with van der Waals surface area (Å²) in [6, 6.07) is 16.8. The molecule has 0 unspecified atom stereocenters. The molecule has 92 valence electrons. The molecule has 1 aliphatic carbocycles. The fourth-order valence-electron chi connectivity index (χ4n) is 2.95. The Morgan fingerprint density at radius 1 is 0.947 bits per heavy atom. The third-order valence-corrected chi connectivity index (χ3v) is 4.60. The Kier molecular flexibility index (Phi) is 3.14. The number of hydrogen-bond acceptors (Lipinski definition) is 0. The van der Waals surface area contributed by atoms with E-state index < -0.39 is 5.31 Å². The third kappa shape index (κ3) is 1.90. The molecule has 0 N–H and O–H groups in total. The number of benzene rings is 2. The van der Waals surface area contributed by atoms with Gasteiger partial charge in [-0.1, -0.05) is 71.0 Å². The molecule has 3 rings (SSSR count). The molecular formula is C17H14BBr. The Labute approximate surface area is 124 Å². The summed E-state index contributed by atoms with van der Waals surface area (Å²) in [6.07, 6.45) is 2.04. The molecule has 1 aliphatic rings. The zero-order valence-corrected chi connectivity index (χ0v) is 12.3. The number of allylic oxidation sites excluding steroid dienone is 1. The van der Waals surface area contributed by atoms with E-state index in [1.807, 2.05) is 12.1 Å². The molecule has 0 atom stereocenters. The second-order valence-corrected chi connectivity index (χ2v) is 5.98. The summed E-state index contributed by atoms with van der Waals surface area (Å²) in [6.45, 7) is 4.08. The lowest BCUT2D eigenvalue weighted by Crippen LogP contribution is -2.29. The van der Waals surface area contributed by atoms with Crippen molar-refractivity contribution in [3.8, 4) is 0 Å². The van der Waals surface area contributed by atoms with Crippen LogP contribution >= 0.6 is 15.9 Å². The topological polar surface area (TPSA) is 0 Å². The van der Waals surface area contributed by atoms with Gasteiger partial charge in [0.1, 0.15) is 0 Å². The van der Waals surface area contributed by atoms with Gasteiger partial charge in [0.05, 0.1) is 7.85 Å². The predicted molar refractivity (Wildman–Crippen MR) is 84.9 cm³/mol. The first-order valence-electron chi connectivity index (χ1n) is 6.44. The first kappa shape index (κ1) is 12.7. The summed E-state index contributed by atoms with van der Waals surface area (Å²) in [5, 5.41) is -0.649. The van der Waals surface area contributed by atoms with E-state index in [-0.39, 0.29) is 0 Å². The van der Waals surface area contributed by atoms with Crippen LogP contribution in [0.4, 0.5) is 0 Å². The number of fused-ring (bicyclic) bond motifs is 2. The van der Waals surface area contributed by atoms with Crippen molar-refractivity contribution in [1.82, 2.24) is 0 Å². The van der Waals surface area contributed by atoms with E-state index in [2.05, 4.69) is 58.9 Å². The van der Waals surface area contributed by atoms with Crippen molar-refractivity contribution in [2.24, 2.45) is 0 Å². The van der Waals surface area contributed by atoms with Crippen LogP contribution in [0.25, 0.3) is 0 Å². The Balaban J connectivity index is 2.35. The van der Waals surface area contributed by atoms with E-state index in [0.29, 0.717) is 0 Å². The maximum atomic E-state index is 6.78. The zero-order valence-electron chi connectivity index (χ0n) is 10.7. The maximum Gasteiger partial charge on any atom is 0.0947 e. The molecule has 0 nitrogen and oxygen atoms in total. The van der Waals surface area contributed by atoms with Gasteiger partial charge in [0, 0.05) is 5.31 Å². The highest BCUT2D eigenvalue weighted by Crippen LogP contribution is 2.43. The van der Waals surface area contributed by atoms with Crippen molar-refractivity contribution in [3.05, 3.63) is 81.8 Å². The predicted octanol–water partition coefficient (Wildman–Crippen LogP) is 4.11. The summed E-state index contributed by atoms with van der Waals surface area (Å²) in [4.78, 5) is 0. The second kappa shape index (κ2) is 4.68. The molecule has 2 aromatic carbocycles. The first-order chi connectivity index (χ1) is 9.14. The smallest absolute Gasteiger partial charge is 0.0884 e. The van der Waals surface area contributed by atoms with Crippen LogP contribution in [0.15, 0.2) is 59.6 Å². The fraction of sp³-hybridized carbons (Fsp3) is 0.176. The molecule has 0 heterocycles. The third-order valence-electron chi connectivity index (χ3n) is 3.98. The van der Waals surface area contributed by atoms with E-state index in [4.69, 9.17) is 7.85 Å². The summed E-state index contributed by atoms with van der Waals surface area (Å²) < 4.78 is 0.807. The van der Waals surface area contributed by atoms with Gasteiger partial charge in [0.15, 0.2) is 0 Å². The highest BCUT2D eigenvalue weighted by Gasteiger charge is 2.35. The van der Waals surface area contributed by atoms with Crippen molar-refractivity contribution in [3.63, 3.8) is 0 Å². The molecule has 2 aromatic rings. The summed E-state index contributed by atoms with van der Waals surface area (Å²) in [5.41, 5.74) is 4.92. The second-order valence-electron chi connectivity index (χ2n) is 5.03. The number of rotatable bonds is 1.